The van der Waals surface area contributed by atoms with Crippen LogP contribution in [0.5, 0.6) is 5.75 Å². The largest absolute Gasteiger partial charge is 0.507 e. The number of Topliss-reactive ketones (excluding diaryl/α,β-unsaturated/α-hetero) is 1. The van der Waals surface area contributed by atoms with Crippen LogP contribution in [0.3, 0.4) is 0 Å². The van der Waals surface area contributed by atoms with Crippen LogP contribution in [0.25, 0.3) is 16.8 Å². The van der Waals surface area contributed by atoms with E-state index in [1.807, 2.05) is 25.1 Å². The van der Waals surface area contributed by atoms with E-state index in [4.69, 9.17) is 9.15 Å². The van der Waals surface area contributed by atoms with Gasteiger partial charge in [-0.1, -0.05) is 12.1 Å². The summed E-state index contributed by atoms with van der Waals surface area (Å²) in [4.78, 5) is 35.0. The number of amides is 1. The molecule has 0 radical (unpaired) electrons. The number of carbonyl (C=O) groups is 2. The number of methoxy groups -OCH3 is 1. The summed E-state index contributed by atoms with van der Waals surface area (Å²) in [5, 5.41) is 11.1. The molecule has 160 valence electrons. The first-order chi connectivity index (χ1) is 15.5. The van der Waals surface area contributed by atoms with Crippen LogP contribution < -0.4 is 9.64 Å². The molecule has 4 aromatic rings. The zero-order valence-electron chi connectivity index (χ0n) is 17.3. The number of ether oxygens (including phenoxy) is 1. The van der Waals surface area contributed by atoms with E-state index in [-0.39, 0.29) is 17.3 Å². The average molecular weight is 429 g/mol. The van der Waals surface area contributed by atoms with Gasteiger partial charge in [0.1, 0.15) is 23.3 Å². The minimum Gasteiger partial charge on any atom is -0.507 e. The van der Waals surface area contributed by atoms with Crippen LogP contribution in [0.15, 0.2) is 70.9 Å². The Hall–Kier alpha value is -4.33. The molecule has 1 fully saturated rings. The maximum atomic E-state index is 13.1. The van der Waals surface area contributed by atoms with Gasteiger partial charge in [0.2, 0.25) is 5.95 Å². The number of fused-ring (bicyclic) bond motifs is 1. The Morgan fingerprint density at radius 2 is 1.97 bits per heavy atom. The third kappa shape index (κ3) is 2.96. The molecule has 8 heteroatoms. The number of aromatic amines is 1. The van der Waals surface area contributed by atoms with Crippen molar-refractivity contribution in [1.29, 1.82) is 0 Å². The van der Waals surface area contributed by atoms with Gasteiger partial charge in [0.25, 0.3) is 5.78 Å². The minimum atomic E-state index is -0.979. The lowest BCUT2D eigenvalue weighted by molar-refractivity contribution is -0.132. The van der Waals surface area contributed by atoms with Crippen molar-refractivity contribution >= 4 is 34.4 Å². The summed E-state index contributed by atoms with van der Waals surface area (Å²) in [6, 6.07) is 14.7. The van der Waals surface area contributed by atoms with Gasteiger partial charge < -0.3 is 19.2 Å². The second-order valence-electron chi connectivity index (χ2n) is 7.45. The summed E-state index contributed by atoms with van der Waals surface area (Å²) in [6.07, 6.45) is 1.45. The predicted octanol–water partition coefficient (Wildman–Crippen LogP) is 4.10. The highest BCUT2D eigenvalue weighted by Crippen LogP contribution is 2.42. The number of ketones is 1. The summed E-state index contributed by atoms with van der Waals surface area (Å²) in [7, 11) is 1.55. The van der Waals surface area contributed by atoms with E-state index in [0.717, 1.165) is 5.56 Å². The fourth-order valence-corrected chi connectivity index (χ4v) is 4.00. The van der Waals surface area contributed by atoms with Gasteiger partial charge in [-0.3, -0.25) is 14.5 Å². The van der Waals surface area contributed by atoms with Crippen LogP contribution in [-0.2, 0) is 9.59 Å². The molecule has 1 aliphatic heterocycles. The van der Waals surface area contributed by atoms with E-state index in [2.05, 4.69) is 9.97 Å². The molecule has 5 rings (SSSR count). The maximum Gasteiger partial charge on any atom is 0.302 e. The molecule has 2 aromatic heterocycles. The van der Waals surface area contributed by atoms with E-state index in [1.54, 1.807) is 43.5 Å². The summed E-state index contributed by atoms with van der Waals surface area (Å²) >= 11 is 0. The lowest BCUT2D eigenvalue weighted by Crippen LogP contribution is -2.30. The first-order valence-electron chi connectivity index (χ1n) is 9.93. The maximum absolute atomic E-state index is 13.1. The monoisotopic (exact) mass is 429 g/mol. The lowest BCUT2D eigenvalue weighted by atomic mass is 9.98. The third-order valence-corrected chi connectivity index (χ3v) is 5.53. The number of aliphatic hydroxyl groups is 1. The molecule has 0 spiro atoms. The Morgan fingerprint density at radius 1 is 1.16 bits per heavy atom. The number of carbonyl (C=O) groups excluding carboxylic acids is 2. The fraction of sp³-hybridized carbons (Fsp3) is 0.125. The Bertz CT molecular complexity index is 1350. The zero-order valence-corrected chi connectivity index (χ0v) is 17.3. The van der Waals surface area contributed by atoms with Crippen molar-refractivity contribution in [3.8, 4) is 5.75 Å². The number of hydrogen-bond acceptors (Lipinski definition) is 6. The number of anilines is 1. The molecule has 1 unspecified atom stereocenters. The number of aliphatic hydroxyl groups excluding tert-OH is 1. The van der Waals surface area contributed by atoms with Gasteiger partial charge in [-0.2, -0.15) is 0 Å². The molecule has 1 saturated heterocycles. The highest BCUT2D eigenvalue weighted by molar-refractivity contribution is 6.51. The summed E-state index contributed by atoms with van der Waals surface area (Å²) in [5.74, 6) is -0.757. The highest BCUT2D eigenvalue weighted by Gasteiger charge is 2.49. The smallest absolute Gasteiger partial charge is 0.302 e. The van der Waals surface area contributed by atoms with Crippen molar-refractivity contribution in [1.82, 2.24) is 9.97 Å². The molecule has 1 aliphatic rings. The van der Waals surface area contributed by atoms with E-state index in [1.165, 1.54) is 11.2 Å². The number of nitrogens with one attached hydrogen (secondary N) is 1. The van der Waals surface area contributed by atoms with E-state index < -0.39 is 17.7 Å². The van der Waals surface area contributed by atoms with Crippen LogP contribution in [0.1, 0.15) is 22.9 Å². The van der Waals surface area contributed by atoms with Crippen molar-refractivity contribution in [3.63, 3.8) is 0 Å². The van der Waals surface area contributed by atoms with Crippen molar-refractivity contribution < 1.29 is 23.8 Å². The standard InChI is InChI=1S/C24H19N3O5/c1-13-12-14(9-10-17(13)31-2)21(28)19-20(18-8-5-11-32-18)27(23(30)22(19)29)24-25-15-6-3-4-7-16(15)26-24/h3-12,20,28H,1-2H3,(H,25,26)/b21-19+. The van der Waals surface area contributed by atoms with E-state index in [0.29, 0.717) is 28.1 Å². The molecular weight excluding hydrogens is 410 g/mol. The van der Waals surface area contributed by atoms with Crippen LogP contribution in [0.2, 0.25) is 0 Å². The fourth-order valence-electron chi connectivity index (χ4n) is 4.00. The molecular formula is C24H19N3O5. The number of aryl methyl sites for hydroxylation is 1. The Labute approximate surface area is 182 Å². The second kappa shape index (κ2) is 7.42. The van der Waals surface area contributed by atoms with Crippen molar-refractivity contribution in [2.45, 2.75) is 13.0 Å². The molecule has 2 N–H and O–H groups in total. The van der Waals surface area contributed by atoms with Crippen molar-refractivity contribution in [2.24, 2.45) is 0 Å². The number of furan rings is 1. The van der Waals surface area contributed by atoms with E-state index >= 15 is 0 Å². The molecule has 3 heterocycles. The second-order valence-corrected chi connectivity index (χ2v) is 7.45. The average Bonchev–Trinajstić information content (AvgIpc) is 3.52. The molecule has 32 heavy (non-hydrogen) atoms. The first kappa shape index (κ1) is 19.6. The number of H-pyrrole nitrogens is 1. The number of nitrogens with zero attached hydrogens (tertiary/aromatic N) is 2. The number of para-hydroxylation sites is 2. The number of hydrogen-bond donors (Lipinski definition) is 2. The number of imidazole rings is 1. The molecule has 0 aliphatic carbocycles. The lowest BCUT2D eigenvalue weighted by Gasteiger charge is -2.20. The summed E-state index contributed by atoms with van der Waals surface area (Å²) < 4.78 is 10.8. The van der Waals surface area contributed by atoms with Crippen LogP contribution in [-0.4, -0.2) is 33.9 Å². The number of rotatable bonds is 4. The normalized spacial score (nSPS) is 17.9. The zero-order chi connectivity index (χ0) is 22.4. The highest BCUT2D eigenvalue weighted by atomic mass is 16.5. The molecule has 2 aromatic carbocycles. The van der Waals surface area contributed by atoms with Gasteiger partial charge in [-0.05, 0) is 55.0 Å². The topological polar surface area (TPSA) is 109 Å². The van der Waals surface area contributed by atoms with Gasteiger partial charge in [-0.25, -0.2) is 4.98 Å². The summed E-state index contributed by atoms with van der Waals surface area (Å²) in [6.45, 7) is 1.83. The van der Waals surface area contributed by atoms with Gasteiger partial charge in [0, 0.05) is 5.56 Å². The Balaban J connectivity index is 1.70. The van der Waals surface area contributed by atoms with Gasteiger partial charge in [0.05, 0.1) is 30.0 Å². The first-order valence-corrected chi connectivity index (χ1v) is 9.93. The van der Waals surface area contributed by atoms with Gasteiger partial charge in [0.15, 0.2) is 0 Å². The SMILES string of the molecule is COc1ccc(/C(O)=C2\C(=O)C(=O)N(c3nc4ccccc4[nH]3)C2c2ccco2)cc1C. The number of aromatic nitrogens is 2. The molecule has 1 amide bonds. The Morgan fingerprint density at radius 3 is 2.66 bits per heavy atom. The summed E-state index contributed by atoms with van der Waals surface area (Å²) in [5.41, 5.74) is 2.46. The minimum absolute atomic E-state index is 0.0741. The quantitative estimate of drug-likeness (QED) is 0.287. The molecule has 0 bridgehead atoms. The van der Waals surface area contributed by atoms with Crippen LogP contribution >= 0.6 is 0 Å². The van der Waals surface area contributed by atoms with E-state index in [9.17, 15) is 14.7 Å². The molecule has 0 saturated carbocycles. The number of benzene rings is 2. The van der Waals surface area contributed by atoms with Crippen molar-refractivity contribution in [2.75, 3.05) is 12.0 Å². The van der Waals surface area contributed by atoms with Crippen LogP contribution in [0, 0.1) is 6.92 Å². The Kier molecular flexibility index (Phi) is 4.55. The van der Waals surface area contributed by atoms with Gasteiger partial charge >= 0.3 is 5.91 Å². The van der Waals surface area contributed by atoms with Crippen molar-refractivity contribution in [3.05, 3.63) is 83.3 Å². The van der Waals surface area contributed by atoms with Crippen LogP contribution in [0.4, 0.5) is 5.95 Å². The third-order valence-electron chi connectivity index (χ3n) is 5.53. The molecule has 1 atom stereocenters. The predicted molar refractivity (Wildman–Crippen MR) is 117 cm³/mol. The van der Waals surface area contributed by atoms with Gasteiger partial charge in [-0.15, -0.1) is 0 Å². The molecule has 8 nitrogen and oxygen atoms in total.